The van der Waals surface area contributed by atoms with E-state index >= 15 is 0 Å². The second-order valence-corrected chi connectivity index (χ2v) is 6.75. The van der Waals surface area contributed by atoms with E-state index in [9.17, 15) is 0 Å². The van der Waals surface area contributed by atoms with Gasteiger partial charge in [0.25, 0.3) is 0 Å². The van der Waals surface area contributed by atoms with E-state index in [0.717, 1.165) is 29.2 Å². The van der Waals surface area contributed by atoms with Crippen LogP contribution in [-0.2, 0) is 0 Å². The van der Waals surface area contributed by atoms with Crippen molar-refractivity contribution in [2.24, 2.45) is 4.99 Å². The van der Waals surface area contributed by atoms with Crippen LogP contribution in [-0.4, -0.2) is 24.8 Å². The first-order chi connectivity index (χ1) is 11.4. The van der Waals surface area contributed by atoms with Crippen LogP contribution in [0, 0.1) is 6.92 Å². The van der Waals surface area contributed by atoms with Gasteiger partial charge >= 0.3 is 0 Å². The molecule has 0 aliphatic heterocycles. The molecule has 0 radical (unpaired) electrons. The average molecular weight is 344 g/mol. The van der Waals surface area contributed by atoms with Gasteiger partial charge < -0.3 is 10.2 Å². The number of hydrogen-bond donors (Lipinski definition) is 1. The van der Waals surface area contributed by atoms with E-state index < -0.39 is 0 Å². The highest BCUT2D eigenvalue weighted by Gasteiger charge is 2.09. The van der Waals surface area contributed by atoms with Crippen LogP contribution in [0.4, 0.5) is 17.1 Å². The predicted octanol–water partition coefficient (Wildman–Crippen LogP) is 6.13. The van der Waals surface area contributed by atoms with Crippen molar-refractivity contribution in [3.63, 3.8) is 0 Å². The summed E-state index contributed by atoms with van der Waals surface area (Å²) in [7, 11) is 1.99. The van der Waals surface area contributed by atoms with Crippen molar-refractivity contribution in [3.8, 4) is 0 Å². The van der Waals surface area contributed by atoms with Crippen LogP contribution in [0.25, 0.3) is 0 Å². The zero-order valence-electron chi connectivity index (χ0n) is 15.1. The van der Waals surface area contributed by atoms with Crippen molar-refractivity contribution < 1.29 is 0 Å². The molecule has 0 heterocycles. The minimum atomic E-state index is 0.490. The van der Waals surface area contributed by atoms with Crippen LogP contribution in [0.15, 0.2) is 41.4 Å². The Bertz CT molecular complexity index is 723. The Kier molecular flexibility index (Phi) is 6.27. The molecule has 0 spiro atoms. The largest absolute Gasteiger partial charge is 0.366 e. The van der Waals surface area contributed by atoms with Crippen molar-refractivity contribution >= 4 is 35.0 Å². The van der Waals surface area contributed by atoms with Gasteiger partial charge in [-0.1, -0.05) is 37.6 Å². The van der Waals surface area contributed by atoms with Crippen molar-refractivity contribution in [2.45, 2.75) is 33.6 Å². The molecule has 0 saturated heterocycles. The summed E-state index contributed by atoms with van der Waals surface area (Å²) in [6.45, 7) is 9.42. The van der Waals surface area contributed by atoms with Gasteiger partial charge in [0.1, 0.15) is 0 Å². The Hall–Kier alpha value is -2.00. The molecule has 4 heteroatoms. The van der Waals surface area contributed by atoms with Crippen LogP contribution in [0.1, 0.15) is 37.8 Å². The molecule has 0 aromatic heterocycles. The van der Waals surface area contributed by atoms with Crippen LogP contribution in [0.2, 0.25) is 5.02 Å². The number of nitrogens with one attached hydrogen (secondary N) is 1. The van der Waals surface area contributed by atoms with Crippen LogP contribution >= 0.6 is 11.6 Å². The number of benzene rings is 2. The van der Waals surface area contributed by atoms with Gasteiger partial charge in [-0.3, -0.25) is 0 Å². The van der Waals surface area contributed by atoms with E-state index in [0.29, 0.717) is 10.9 Å². The lowest BCUT2D eigenvalue weighted by molar-refractivity contribution is 0.552. The molecule has 0 aliphatic carbocycles. The molecule has 128 valence electrons. The number of hydrogen-bond acceptors (Lipinski definition) is 2. The Morgan fingerprint density at radius 3 is 2.67 bits per heavy atom. The fourth-order valence-corrected chi connectivity index (χ4v) is 2.51. The van der Waals surface area contributed by atoms with Gasteiger partial charge in [0.05, 0.1) is 22.7 Å². The molecule has 2 rings (SSSR count). The smallest absolute Gasteiger partial charge is 0.0910 e. The van der Waals surface area contributed by atoms with Crippen LogP contribution in [0.5, 0.6) is 0 Å². The second kappa shape index (κ2) is 8.20. The lowest BCUT2D eigenvalue weighted by Crippen LogP contribution is -2.14. The number of aryl methyl sites for hydroxylation is 1. The van der Waals surface area contributed by atoms with Gasteiger partial charge in [-0.15, -0.1) is 0 Å². The van der Waals surface area contributed by atoms with Crippen molar-refractivity contribution in [3.05, 3.63) is 52.5 Å². The number of halogens is 1. The van der Waals surface area contributed by atoms with Crippen molar-refractivity contribution in [1.82, 2.24) is 4.90 Å². The van der Waals surface area contributed by atoms with Gasteiger partial charge in [-0.2, -0.15) is 0 Å². The third-order valence-corrected chi connectivity index (χ3v) is 4.32. The van der Waals surface area contributed by atoms with E-state index in [1.54, 1.807) is 0 Å². The molecule has 24 heavy (non-hydrogen) atoms. The Balaban J connectivity index is 2.32. The predicted molar refractivity (Wildman–Crippen MR) is 106 cm³/mol. The Labute approximate surface area is 150 Å². The maximum atomic E-state index is 6.56. The van der Waals surface area contributed by atoms with E-state index in [1.807, 2.05) is 30.4 Å². The SMILES string of the molecule is CCN(C)C=Nc1cc(C)cc(Nc2cccc(C(C)C)c2)c1Cl. The summed E-state index contributed by atoms with van der Waals surface area (Å²) in [6, 6.07) is 12.5. The summed E-state index contributed by atoms with van der Waals surface area (Å²) >= 11 is 6.56. The fraction of sp³-hybridized carbons (Fsp3) is 0.350. The molecule has 0 amide bonds. The lowest BCUT2D eigenvalue weighted by Gasteiger charge is -2.14. The molecule has 3 nitrogen and oxygen atoms in total. The van der Waals surface area contributed by atoms with Crippen LogP contribution < -0.4 is 5.32 Å². The van der Waals surface area contributed by atoms with Crippen LogP contribution in [0.3, 0.4) is 0 Å². The summed E-state index contributed by atoms with van der Waals surface area (Å²) < 4.78 is 0. The van der Waals surface area contributed by atoms with E-state index in [2.05, 4.69) is 62.3 Å². The van der Waals surface area contributed by atoms with Gasteiger partial charge in [-0.05, 0) is 55.2 Å². The minimum absolute atomic E-state index is 0.490. The Morgan fingerprint density at radius 1 is 1.25 bits per heavy atom. The minimum Gasteiger partial charge on any atom is -0.366 e. The number of aliphatic imine (C=N–C) groups is 1. The molecule has 0 saturated carbocycles. The molecule has 0 bridgehead atoms. The third kappa shape index (κ3) is 4.75. The molecule has 0 fully saturated rings. The Morgan fingerprint density at radius 2 is 2.00 bits per heavy atom. The van der Waals surface area contributed by atoms with E-state index in [1.165, 1.54) is 5.56 Å². The summed E-state index contributed by atoms with van der Waals surface area (Å²) in [5.41, 5.74) is 5.11. The summed E-state index contributed by atoms with van der Waals surface area (Å²) in [5.74, 6) is 0.490. The highest BCUT2D eigenvalue weighted by atomic mass is 35.5. The highest BCUT2D eigenvalue weighted by molar-refractivity contribution is 6.36. The molecule has 1 N–H and O–H groups in total. The first kappa shape index (κ1) is 18.3. The molecule has 0 unspecified atom stereocenters. The van der Waals surface area contributed by atoms with Crippen molar-refractivity contribution in [1.29, 1.82) is 0 Å². The summed E-state index contributed by atoms with van der Waals surface area (Å²) in [4.78, 5) is 6.53. The summed E-state index contributed by atoms with van der Waals surface area (Å²) in [5, 5.41) is 4.07. The van der Waals surface area contributed by atoms with E-state index in [-0.39, 0.29) is 0 Å². The fourth-order valence-electron chi connectivity index (χ4n) is 2.31. The number of rotatable bonds is 6. The topological polar surface area (TPSA) is 27.6 Å². The molecule has 2 aromatic carbocycles. The number of anilines is 2. The van der Waals surface area contributed by atoms with Gasteiger partial charge in [0, 0.05) is 19.3 Å². The van der Waals surface area contributed by atoms with Gasteiger partial charge in [-0.25, -0.2) is 4.99 Å². The quantitative estimate of drug-likeness (QED) is 0.505. The molecular weight excluding hydrogens is 318 g/mol. The molecule has 2 aromatic rings. The summed E-state index contributed by atoms with van der Waals surface area (Å²) in [6.07, 6.45) is 1.81. The van der Waals surface area contributed by atoms with Gasteiger partial charge in [0.2, 0.25) is 0 Å². The maximum absolute atomic E-state index is 6.56. The zero-order chi connectivity index (χ0) is 17.7. The highest BCUT2D eigenvalue weighted by Crippen LogP contribution is 2.35. The first-order valence-electron chi connectivity index (χ1n) is 8.32. The monoisotopic (exact) mass is 343 g/mol. The standard InChI is InChI=1S/C20H26ClN3/c1-6-24(5)13-22-18-10-15(4)11-19(20(18)21)23-17-9-7-8-16(12-17)14(2)3/h7-14,23H,6H2,1-5H3. The van der Waals surface area contributed by atoms with E-state index in [4.69, 9.17) is 11.6 Å². The number of nitrogens with zero attached hydrogens (tertiary/aromatic N) is 2. The third-order valence-electron chi connectivity index (χ3n) is 3.92. The first-order valence-corrected chi connectivity index (χ1v) is 8.70. The average Bonchev–Trinajstić information content (AvgIpc) is 2.56. The maximum Gasteiger partial charge on any atom is 0.0910 e. The van der Waals surface area contributed by atoms with Gasteiger partial charge in [0.15, 0.2) is 0 Å². The normalized spacial score (nSPS) is 11.3. The van der Waals surface area contributed by atoms with Crippen molar-refractivity contribution in [2.75, 3.05) is 18.9 Å². The second-order valence-electron chi connectivity index (χ2n) is 6.37. The lowest BCUT2D eigenvalue weighted by atomic mass is 10.0. The molecule has 0 aliphatic rings. The zero-order valence-corrected chi connectivity index (χ0v) is 15.9. The molecular formula is C20H26ClN3. The molecule has 0 atom stereocenters.